The highest BCUT2D eigenvalue weighted by molar-refractivity contribution is 9.11. The standard InChI is InChI=1S/C13H7Br2ClN2/c14-7-4-5-8(9(15)6-7)13-17-11-3-1-2-10(16)12(11)18-13/h1-6H,(H,17,18). The van der Waals surface area contributed by atoms with E-state index in [1.54, 1.807) is 0 Å². The van der Waals surface area contributed by atoms with Crippen molar-refractivity contribution in [2.75, 3.05) is 0 Å². The molecule has 0 amide bonds. The summed E-state index contributed by atoms with van der Waals surface area (Å²) in [5, 5.41) is 0.656. The van der Waals surface area contributed by atoms with Crippen LogP contribution in [0.2, 0.25) is 5.02 Å². The predicted molar refractivity (Wildman–Crippen MR) is 81.9 cm³/mol. The number of benzene rings is 2. The molecule has 0 aliphatic heterocycles. The van der Waals surface area contributed by atoms with Gasteiger partial charge in [0.25, 0.3) is 0 Å². The highest BCUT2D eigenvalue weighted by atomic mass is 79.9. The Morgan fingerprint density at radius 3 is 2.67 bits per heavy atom. The highest BCUT2D eigenvalue weighted by Crippen LogP contribution is 2.31. The van der Waals surface area contributed by atoms with Gasteiger partial charge in [0.1, 0.15) is 11.3 Å². The van der Waals surface area contributed by atoms with E-state index in [4.69, 9.17) is 11.6 Å². The van der Waals surface area contributed by atoms with Crippen LogP contribution in [0.5, 0.6) is 0 Å². The minimum absolute atomic E-state index is 0.656. The fourth-order valence-electron chi connectivity index (χ4n) is 1.81. The first-order chi connectivity index (χ1) is 8.65. The van der Waals surface area contributed by atoms with Crippen LogP contribution in [0, 0.1) is 0 Å². The van der Waals surface area contributed by atoms with Crippen molar-refractivity contribution in [3.05, 3.63) is 50.4 Å². The van der Waals surface area contributed by atoms with Gasteiger partial charge in [-0.3, -0.25) is 0 Å². The van der Waals surface area contributed by atoms with E-state index in [0.717, 1.165) is 31.4 Å². The number of hydrogen-bond acceptors (Lipinski definition) is 1. The molecule has 2 nitrogen and oxygen atoms in total. The number of fused-ring (bicyclic) bond motifs is 1. The Kier molecular flexibility index (Phi) is 3.18. The molecule has 0 bridgehead atoms. The van der Waals surface area contributed by atoms with E-state index in [9.17, 15) is 0 Å². The third-order valence-corrected chi connectivity index (χ3v) is 4.10. The third kappa shape index (κ3) is 2.09. The molecule has 5 heteroatoms. The second kappa shape index (κ2) is 4.68. The molecule has 1 aromatic heterocycles. The van der Waals surface area contributed by atoms with E-state index in [1.807, 2.05) is 36.4 Å². The molecule has 90 valence electrons. The third-order valence-electron chi connectivity index (χ3n) is 2.65. The molecule has 0 unspecified atom stereocenters. The van der Waals surface area contributed by atoms with E-state index >= 15 is 0 Å². The van der Waals surface area contributed by atoms with E-state index in [0.29, 0.717) is 5.02 Å². The summed E-state index contributed by atoms with van der Waals surface area (Å²) in [6, 6.07) is 11.7. The molecule has 3 aromatic rings. The number of H-pyrrole nitrogens is 1. The first-order valence-electron chi connectivity index (χ1n) is 5.25. The summed E-state index contributed by atoms with van der Waals surface area (Å²) in [7, 11) is 0. The molecule has 0 saturated heterocycles. The fraction of sp³-hybridized carbons (Fsp3) is 0. The summed E-state index contributed by atoms with van der Waals surface area (Å²) in [5.41, 5.74) is 2.74. The van der Waals surface area contributed by atoms with Crippen LogP contribution in [-0.2, 0) is 0 Å². The monoisotopic (exact) mass is 384 g/mol. The van der Waals surface area contributed by atoms with Crippen molar-refractivity contribution in [2.24, 2.45) is 0 Å². The molecular formula is C13H7Br2ClN2. The zero-order valence-electron chi connectivity index (χ0n) is 9.05. The first kappa shape index (κ1) is 12.2. The number of rotatable bonds is 1. The number of nitrogens with one attached hydrogen (secondary N) is 1. The lowest BCUT2D eigenvalue weighted by molar-refractivity contribution is 1.33. The van der Waals surface area contributed by atoms with Gasteiger partial charge in [-0.1, -0.05) is 33.6 Å². The maximum Gasteiger partial charge on any atom is 0.139 e. The molecule has 0 fully saturated rings. The van der Waals surface area contributed by atoms with Gasteiger partial charge in [0.2, 0.25) is 0 Å². The number of halogens is 3. The number of aromatic nitrogens is 2. The molecule has 3 rings (SSSR count). The van der Waals surface area contributed by atoms with Gasteiger partial charge >= 0.3 is 0 Å². The molecule has 0 spiro atoms. The molecule has 2 aromatic carbocycles. The topological polar surface area (TPSA) is 28.7 Å². The molecule has 1 N–H and O–H groups in total. The fourth-order valence-corrected chi connectivity index (χ4v) is 3.26. The van der Waals surface area contributed by atoms with Gasteiger partial charge in [-0.05, 0) is 46.3 Å². The molecular weight excluding hydrogens is 379 g/mol. The number of hydrogen-bond donors (Lipinski definition) is 1. The summed E-state index contributed by atoms with van der Waals surface area (Å²) in [5.74, 6) is 0.803. The van der Waals surface area contributed by atoms with Crippen LogP contribution in [-0.4, -0.2) is 9.97 Å². The summed E-state index contributed by atoms with van der Waals surface area (Å²) in [6.07, 6.45) is 0. The van der Waals surface area contributed by atoms with Crippen molar-refractivity contribution < 1.29 is 0 Å². The number of nitrogens with zero attached hydrogens (tertiary/aromatic N) is 1. The maximum absolute atomic E-state index is 6.12. The number of imidazole rings is 1. The van der Waals surface area contributed by atoms with Crippen molar-refractivity contribution in [3.8, 4) is 11.4 Å². The van der Waals surface area contributed by atoms with Crippen LogP contribution in [0.3, 0.4) is 0 Å². The van der Waals surface area contributed by atoms with Gasteiger partial charge < -0.3 is 4.98 Å². The lowest BCUT2D eigenvalue weighted by Gasteiger charge is -2.00. The first-order valence-corrected chi connectivity index (χ1v) is 7.21. The van der Waals surface area contributed by atoms with Crippen molar-refractivity contribution in [1.29, 1.82) is 0 Å². The van der Waals surface area contributed by atoms with Crippen LogP contribution >= 0.6 is 43.5 Å². The largest absolute Gasteiger partial charge is 0.338 e. The molecule has 0 radical (unpaired) electrons. The maximum atomic E-state index is 6.12. The lowest BCUT2D eigenvalue weighted by atomic mass is 10.2. The summed E-state index contributed by atoms with van der Waals surface area (Å²) < 4.78 is 2.00. The van der Waals surface area contributed by atoms with E-state index in [-0.39, 0.29) is 0 Å². The molecule has 0 aliphatic carbocycles. The molecule has 18 heavy (non-hydrogen) atoms. The van der Waals surface area contributed by atoms with Crippen molar-refractivity contribution in [2.45, 2.75) is 0 Å². The minimum atomic E-state index is 0.656. The summed E-state index contributed by atoms with van der Waals surface area (Å²) in [4.78, 5) is 7.81. The minimum Gasteiger partial charge on any atom is -0.338 e. The molecule has 0 saturated carbocycles. The van der Waals surface area contributed by atoms with Crippen LogP contribution in [0.25, 0.3) is 22.4 Å². The van der Waals surface area contributed by atoms with E-state index < -0.39 is 0 Å². The summed E-state index contributed by atoms with van der Waals surface area (Å²) >= 11 is 13.1. The Hall–Kier alpha value is -0.840. The van der Waals surface area contributed by atoms with Crippen molar-refractivity contribution >= 4 is 54.5 Å². The molecule has 1 heterocycles. The molecule has 0 aliphatic rings. The van der Waals surface area contributed by atoms with Crippen LogP contribution < -0.4 is 0 Å². The highest BCUT2D eigenvalue weighted by Gasteiger charge is 2.10. The quantitative estimate of drug-likeness (QED) is 0.595. The van der Waals surface area contributed by atoms with E-state index in [1.165, 1.54) is 0 Å². The van der Waals surface area contributed by atoms with Gasteiger partial charge in [0, 0.05) is 14.5 Å². The average Bonchev–Trinajstić information content (AvgIpc) is 2.74. The van der Waals surface area contributed by atoms with Crippen molar-refractivity contribution in [3.63, 3.8) is 0 Å². The Balaban J connectivity index is 2.23. The van der Waals surface area contributed by atoms with Gasteiger partial charge in [-0.25, -0.2) is 4.98 Å². The van der Waals surface area contributed by atoms with Gasteiger partial charge in [-0.15, -0.1) is 0 Å². The Bertz CT molecular complexity index is 737. The van der Waals surface area contributed by atoms with Crippen molar-refractivity contribution in [1.82, 2.24) is 9.97 Å². The smallest absolute Gasteiger partial charge is 0.139 e. The molecule has 0 atom stereocenters. The van der Waals surface area contributed by atoms with Crippen LogP contribution in [0.1, 0.15) is 0 Å². The lowest BCUT2D eigenvalue weighted by Crippen LogP contribution is -1.82. The Morgan fingerprint density at radius 2 is 1.94 bits per heavy atom. The average molecular weight is 386 g/mol. The summed E-state index contributed by atoms with van der Waals surface area (Å²) in [6.45, 7) is 0. The second-order valence-corrected chi connectivity index (χ2v) is 6.02. The zero-order chi connectivity index (χ0) is 12.7. The van der Waals surface area contributed by atoms with Crippen LogP contribution in [0.4, 0.5) is 0 Å². The van der Waals surface area contributed by atoms with Crippen LogP contribution in [0.15, 0.2) is 45.3 Å². The second-order valence-electron chi connectivity index (χ2n) is 3.85. The predicted octanol–water partition coefficient (Wildman–Crippen LogP) is 5.41. The number of para-hydroxylation sites is 1. The SMILES string of the molecule is Clc1cccc2[nH]c(-c3ccc(Br)cc3Br)nc12. The number of aromatic amines is 1. The zero-order valence-corrected chi connectivity index (χ0v) is 13.0. The normalized spacial score (nSPS) is 11.1. The Morgan fingerprint density at radius 1 is 1.11 bits per heavy atom. The van der Waals surface area contributed by atoms with Gasteiger partial charge in [0.15, 0.2) is 0 Å². The van der Waals surface area contributed by atoms with E-state index in [2.05, 4.69) is 41.8 Å². The van der Waals surface area contributed by atoms with Gasteiger partial charge in [-0.2, -0.15) is 0 Å². The Labute approximate surface area is 126 Å². The van der Waals surface area contributed by atoms with Gasteiger partial charge in [0.05, 0.1) is 10.5 Å².